The van der Waals surface area contributed by atoms with Gasteiger partial charge in [-0.15, -0.1) is 0 Å². The molecule has 134 valence electrons. The Hall–Kier alpha value is -2.97. The molecular weight excluding hydrogens is 336 g/mol. The summed E-state index contributed by atoms with van der Waals surface area (Å²) in [6, 6.07) is 4.66. The number of ether oxygens (including phenoxy) is 2. The van der Waals surface area contributed by atoms with Crippen LogP contribution in [0.15, 0.2) is 30.6 Å². The van der Waals surface area contributed by atoms with E-state index in [0.717, 1.165) is 5.56 Å². The van der Waals surface area contributed by atoms with Gasteiger partial charge in [-0.05, 0) is 24.6 Å². The zero-order valence-electron chi connectivity index (χ0n) is 13.6. The number of halogens is 2. The van der Waals surface area contributed by atoms with Crippen LogP contribution in [-0.4, -0.2) is 41.3 Å². The maximum absolute atomic E-state index is 12.4. The van der Waals surface area contributed by atoms with Gasteiger partial charge in [0.15, 0.2) is 17.2 Å². The van der Waals surface area contributed by atoms with E-state index >= 15 is 0 Å². The summed E-state index contributed by atoms with van der Waals surface area (Å²) >= 11 is 0. The molecule has 9 heteroatoms. The van der Waals surface area contributed by atoms with Crippen LogP contribution in [0.2, 0.25) is 0 Å². The fourth-order valence-corrected chi connectivity index (χ4v) is 2.10. The number of hydrogen-bond donors (Lipinski definition) is 1. The summed E-state index contributed by atoms with van der Waals surface area (Å²) in [5.74, 6) is -0.497. The van der Waals surface area contributed by atoms with Crippen LogP contribution in [0.25, 0.3) is 0 Å². The fourth-order valence-electron chi connectivity index (χ4n) is 2.10. The van der Waals surface area contributed by atoms with E-state index in [2.05, 4.69) is 14.7 Å². The zero-order chi connectivity index (χ0) is 18.4. The Morgan fingerprint density at radius 2 is 2.04 bits per heavy atom. The highest BCUT2D eigenvalue weighted by Crippen LogP contribution is 2.30. The molecule has 7 nitrogen and oxygen atoms in total. The third-order valence-electron chi connectivity index (χ3n) is 3.19. The highest BCUT2D eigenvalue weighted by Gasteiger charge is 2.13. The number of alkyl halides is 2. The van der Waals surface area contributed by atoms with Crippen LogP contribution >= 0.6 is 0 Å². The SMILES string of the molecule is CCOc1cc(CN(C)c2cnc(C(=O)O)cn2)ccc1OC(F)F. The molecule has 0 saturated heterocycles. The van der Waals surface area contributed by atoms with E-state index in [0.29, 0.717) is 19.0 Å². The Labute approximate surface area is 142 Å². The van der Waals surface area contributed by atoms with Gasteiger partial charge in [0.1, 0.15) is 5.82 Å². The van der Waals surface area contributed by atoms with Crippen molar-refractivity contribution in [2.75, 3.05) is 18.6 Å². The molecule has 1 aromatic heterocycles. The van der Waals surface area contributed by atoms with E-state index in [9.17, 15) is 13.6 Å². The van der Waals surface area contributed by atoms with Gasteiger partial charge < -0.3 is 19.5 Å². The maximum atomic E-state index is 12.4. The van der Waals surface area contributed by atoms with Gasteiger partial charge in [0.05, 0.1) is 19.0 Å². The summed E-state index contributed by atoms with van der Waals surface area (Å²) in [6.07, 6.45) is 2.51. The first-order chi connectivity index (χ1) is 11.9. The Bertz CT molecular complexity index is 726. The molecule has 2 rings (SSSR count). The number of anilines is 1. The summed E-state index contributed by atoms with van der Waals surface area (Å²) in [4.78, 5) is 20.4. The topological polar surface area (TPSA) is 84.8 Å². The molecule has 1 heterocycles. The molecule has 0 fully saturated rings. The summed E-state index contributed by atoms with van der Waals surface area (Å²) in [7, 11) is 1.74. The lowest BCUT2D eigenvalue weighted by molar-refractivity contribution is -0.0514. The number of carbonyl (C=O) groups is 1. The highest BCUT2D eigenvalue weighted by atomic mass is 19.3. The first-order valence-corrected chi connectivity index (χ1v) is 7.37. The Kier molecular flexibility index (Phi) is 6.04. The number of benzene rings is 1. The number of carboxylic acid groups (broad SMARTS) is 1. The van der Waals surface area contributed by atoms with E-state index < -0.39 is 12.6 Å². The summed E-state index contributed by atoms with van der Waals surface area (Å²) in [6.45, 7) is -0.502. The van der Waals surface area contributed by atoms with Crippen LogP contribution in [-0.2, 0) is 6.54 Å². The van der Waals surface area contributed by atoms with Crippen molar-refractivity contribution in [3.8, 4) is 11.5 Å². The lowest BCUT2D eigenvalue weighted by Gasteiger charge is -2.19. The van der Waals surface area contributed by atoms with E-state index in [1.165, 1.54) is 18.5 Å². The quantitative estimate of drug-likeness (QED) is 0.781. The van der Waals surface area contributed by atoms with Gasteiger partial charge in [-0.3, -0.25) is 0 Å². The van der Waals surface area contributed by atoms with Crippen molar-refractivity contribution in [2.24, 2.45) is 0 Å². The number of nitrogens with zero attached hydrogens (tertiary/aromatic N) is 3. The normalized spacial score (nSPS) is 10.6. The van der Waals surface area contributed by atoms with Crippen molar-refractivity contribution in [1.82, 2.24) is 9.97 Å². The number of carboxylic acids is 1. The predicted molar refractivity (Wildman–Crippen MR) is 85.3 cm³/mol. The van der Waals surface area contributed by atoms with Gasteiger partial charge in [-0.2, -0.15) is 8.78 Å². The van der Waals surface area contributed by atoms with Gasteiger partial charge in [-0.25, -0.2) is 14.8 Å². The molecule has 0 bridgehead atoms. The van der Waals surface area contributed by atoms with E-state index in [4.69, 9.17) is 9.84 Å². The third-order valence-corrected chi connectivity index (χ3v) is 3.19. The monoisotopic (exact) mass is 353 g/mol. The van der Waals surface area contributed by atoms with Crippen molar-refractivity contribution in [1.29, 1.82) is 0 Å². The Balaban J connectivity index is 2.15. The summed E-state index contributed by atoms with van der Waals surface area (Å²) in [5.41, 5.74) is 0.626. The molecule has 0 spiro atoms. The van der Waals surface area contributed by atoms with Crippen LogP contribution in [0.3, 0.4) is 0 Å². The van der Waals surface area contributed by atoms with Crippen LogP contribution in [0.4, 0.5) is 14.6 Å². The van der Waals surface area contributed by atoms with Crippen molar-refractivity contribution >= 4 is 11.8 Å². The van der Waals surface area contributed by atoms with Crippen molar-refractivity contribution in [3.63, 3.8) is 0 Å². The summed E-state index contributed by atoms with van der Waals surface area (Å²) < 4.78 is 34.6. The van der Waals surface area contributed by atoms with E-state index in [-0.39, 0.29) is 17.2 Å². The smallest absolute Gasteiger partial charge is 0.387 e. The molecule has 0 amide bonds. The number of rotatable bonds is 8. The van der Waals surface area contributed by atoms with Crippen LogP contribution in [0.1, 0.15) is 23.0 Å². The minimum absolute atomic E-state index is 0.0335. The van der Waals surface area contributed by atoms with Gasteiger partial charge >= 0.3 is 12.6 Å². The average Bonchev–Trinajstić information content (AvgIpc) is 2.57. The largest absolute Gasteiger partial charge is 0.490 e. The molecule has 0 unspecified atom stereocenters. The molecular formula is C16H17F2N3O4. The number of aromatic carboxylic acids is 1. The molecule has 25 heavy (non-hydrogen) atoms. The first kappa shape index (κ1) is 18.4. The minimum atomic E-state index is -2.93. The number of hydrogen-bond acceptors (Lipinski definition) is 6. The Morgan fingerprint density at radius 3 is 2.60 bits per heavy atom. The Morgan fingerprint density at radius 1 is 1.28 bits per heavy atom. The predicted octanol–water partition coefficient (Wildman–Crippen LogP) is 2.81. The van der Waals surface area contributed by atoms with Gasteiger partial charge in [-0.1, -0.05) is 6.07 Å². The first-order valence-electron chi connectivity index (χ1n) is 7.37. The maximum Gasteiger partial charge on any atom is 0.387 e. The highest BCUT2D eigenvalue weighted by molar-refractivity contribution is 5.84. The van der Waals surface area contributed by atoms with Gasteiger partial charge in [0.25, 0.3) is 0 Å². The second-order valence-corrected chi connectivity index (χ2v) is 5.01. The second-order valence-electron chi connectivity index (χ2n) is 5.01. The number of aromatic nitrogens is 2. The van der Waals surface area contributed by atoms with Crippen molar-refractivity contribution in [2.45, 2.75) is 20.1 Å². The molecule has 0 saturated carbocycles. The van der Waals surface area contributed by atoms with E-state index in [1.54, 1.807) is 31.0 Å². The molecule has 1 N–H and O–H groups in total. The lowest BCUT2D eigenvalue weighted by atomic mass is 10.2. The zero-order valence-corrected chi connectivity index (χ0v) is 13.6. The molecule has 0 atom stereocenters. The van der Waals surface area contributed by atoms with E-state index in [1.807, 2.05) is 0 Å². The second kappa shape index (κ2) is 8.22. The lowest BCUT2D eigenvalue weighted by Crippen LogP contribution is -2.18. The molecule has 1 aromatic carbocycles. The van der Waals surface area contributed by atoms with Crippen LogP contribution < -0.4 is 14.4 Å². The minimum Gasteiger partial charge on any atom is -0.490 e. The average molecular weight is 353 g/mol. The molecule has 0 aliphatic rings. The molecule has 2 aromatic rings. The van der Waals surface area contributed by atoms with Crippen LogP contribution in [0.5, 0.6) is 11.5 Å². The van der Waals surface area contributed by atoms with Crippen LogP contribution in [0, 0.1) is 0 Å². The van der Waals surface area contributed by atoms with Crippen molar-refractivity contribution < 1.29 is 28.2 Å². The standard InChI is InChI=1S/C16H17F2N3O4/c1-3-24-13-6-10(4-5-12(13)25-16(17)18)9-21(2)14-8-19-11(7-20-14)15(22)23/h4-8,16H,3,9H2,1-2H3,(H,22,23). The molecule has 0 radical (unpaired) electrons. The molecule has 0 aliphatic heterocycles. The third kappa shape index (κ3) is 5.00. The van der Waals surface area contributed by atoms with Gasteiger partial charge in [0, 0.05) is 13.6 Å². The van der Waals surface area contributed by atoms with Crippen molar-refractivity contribution in [3.05, 3.63) is 41.9 Å². The summed E-state index contributed by atoms with van der Waals surface area (Å²) in [5, 5.41) is 8.82. The fraction of sp³-hybridized carbons (Fsp3) is 0.312. The van der Waals surface area contributed by atoms with Gasteiger partial charge in [0.2, 0.25) is 0 Å². The molecule has 0 aliphatic carbocycles.